The lowest BCUT2D eigenvalue weighted by Crippen LogP contribution is -2.05. The molecule has 3 heteroatoms. The maximum absolute atomic E-state index is 10.6. The number of carbonyl (C=O) groups excluding carboxylic acids is 1. The lowest BCUT2D eigenvalue weighted by atomic mass is 10.1. The van der Waals surface area contributed by atoms with Gasteiger partial charge in [0.05, 0.1) is 6.10 Å². The summed E-state index contributed by atoms with van der Waals surface area (Å²) in [5.41, 5.74) is 0. The SMILES string of the molecule is O=C1CO[C@@H](CCCO)C1. The van der Waals surface area contributed by atoms with E-state index in [-0.39, 0.29) is 25.1 Å². The van der Waals surface area contributed by atoms with Crippen LogP contribution in [0, 0.1) is 0 Å². The number of aliphatic hydroxyl groups is 1. The van der Waals surface area contributed by atoms with Crippen molar-refractivity contribution in [1.82, 2.24) is 0 Å². The minimum absolute atomic E-state index is 0.0830. The fourth-order valence-corrected chi connectivity index (χ4v) is 1.09. The van der Waals surface area contributed by atoms with Crippen LogP contribution < -0.4 is 0 Å². The van der Waals surface area contributed by atoms with Crippen LogP contribution in [0.2, 0.25) is 0 Å². The summed E-state index contributed by atoms with van der Waals surface area (Å²) in [6.07, 6.45) is 2.17. The number of hydrogen-bond acceptors (Lipinski definition) is 3. The van der Waals surface area contributed by atoms with Gasteiger partial charge in [-0.15, -0.1) is 0 Å². The monoisotopic (exact) mass is 144 g/mol. The van der Waals surface area contributed by atoms with Gasteiger partial charge in [-0.25, -0.2) is 0 Å². The smallest absolute Gasteiger partial charge is 0.161 e. The Morgan fingerprint density at radius 1 is 1.70 bits per heavy atom. The first-order valence-corrected chi connectivity index (χ1v) is 3.57. The average Bonchev–Trinajstić information content (AvgIpc) is 2.31. The molecule has 0 radical (unpaired) electrons. The summed E-state index contributed by atoms with van der Waals surface area (Å²) in [7, 11) is 0. The molecule has 0 unspecified atom stereocenters. The van der Waals surface area contributed by atoms with Crippen LogP contribution in [0.25, 0.3) is 0 Å². The second-order valence-electron chi connectivity index (χ2n) is 2.54. The topological polar surface area (TPSA) is 46.5 Å². The molecule has 1 N–H and O–H groups in total. The number of hydrogen-bond donors (Lipinski definition) is 1. The van der Waals surface area contributed by atoms with Gasteiger partial charge in [0.15, 0.2) is 5.78 Å². The molecule has 1 fully saturated rings. The first-order chi connectivity index (χ1) is 4.83. The quantitative estimate of drug-likeness (QED) is 0.611. The molecule has 1 heterocycles. The summed E-state index contributed by atoms with van der Waals surface area (Å²) in [5, 5.41) is 8.45. The Labute approximate surface area is 60.0 Å². The first kappa shape index (κ1) is 7.69. The van der Waals surface area contributed by atoms with E-state index in [0.717, 1.165) is 12.8 Å². The van der Waals surface area contributed by atoms with Crippen molar-refractivity contribution in [2.24, 2.45) is 0 Å². The minimum atomic E-state index is 0.0830. The highest BCUT2D eigenvalue weighted by Crippen LogP contribution is 2.13. The van der Waals surface area contributed by atoms with Crippen LogP contribution in [0.3, 0.4) is 0 Å². The van der Waals surface area contributed by atoms with Crippen LogP contribution >= 0.6 is 0 Å². The van der Waals surface area contributed by atoms with Crippen LogP contribution in [0.15, 0.2) is 0 Å². The van der Waals surface area contributed by atoms with Gasteiger partial charge in [-0.2, -0.15) is 0 Å². The number of Topliss-reactive ketones (excluding diaryl/α,β-unsaturated/α-hetero) is 1. The van der Waals surface area contributed by atoms with Crippen molar-refractivity contribution < 1.29 is 14.6 Å². The Morgan fingerprint density at radius 2 is 2.50 bits per heavy atom. The summed E-state index contributed by atoms with van der Waals surface area (Å²) in [4.78, 5) is 10.6. The lowest BCUT2D eigenvalue weighted by molar-refractivity contribution is -0.117. The van der Waals surface area contributed by atoms with E-state index < -0.39 is 0 Å². The Balaban J connectivity index is 2.12. The van der Waals surface area contributed by atoms with Gasteiger partial charge in [-0.05, 0) is 12.8 Å². The van der Waals surface area contributed by atoms with Crippen LogP contribution in [-0.4, -0.2) is 30.2 Å². The molecule has 1 atom stereocenters. The molecule has 1 aliphatic heterocycles. The standard InChI is InChI=1S/C7H12O3/c8-3-1-2-7-4-6(9)5-10-7/h7-8H,1-5H2/t7-/m0/s1. The van der Waals surface area contributed by atoms with E-state index >= 15 is 0 Å². The second-order valence-corrected chi connectivity index (χ2v) is 2.54. The van der Waals surface area contributed by atoms with Gasteiger partial charge < -0.3 is 9.84 Å². The summed E-state index contributed by atoms with van der Waals surface area (Å²) in [6.45, 7) is 0.462. The number of rotatable bonds is 3. The van der Waals surface area contributed by atoms with Crippen molar-refractivity contribution in [3.8, 4) is 0 Å². The molecule has 0 aromatic rings. The third-order valence-corrected chi connectivity index (χ3v) is 1.62. The molecule has 0 aromatic heterocycles. The molecule has 0 bridgehead atoms. The zero-order valence-corrected chi connectivity index (χ0v) is 5.88. The summed E-state index contributed by atoms with van der Waals surface area (Å²) in [6, 6.07) is 0. The molecule has 0 aromatic carbocycles. The molecule has 0 aliphatic carbocycles. The Kier molecular flexibility index (Phi) is 2.83. The van der Waals surface area contributed by atoms with E-state index in [2.05, 4.69) is 0 Å². The minimum Gasteiger partial charge on any atom is -0.396 e. The van der Waals surface area contributed by atoms with Crippen molar-refractivity contribution in [2.45, 2.75) is 25.4 Å². The van der Waals surface area contributed by atoms with Crippen molar-refractivity contribution in [1.29, 1.82) is 0 Å². The van der Waals surface area contributed by atoms with Gasteiger partial charge in [-0.3, -0.25) is 4.79 Å². The van der Waals surface area contributed by atoms with Gasteiger partial charge in [0, 0.05) is 13.0 Å². The summed E-state index contributed by atoms with van der Waals surface area (Å²) in [5.74, 6) is 0.183. The third-order valence-electron chi connectivity index (χ3n) is 1.62. The first-order valence-electron chi connectivity index (χ1n) is 3.57. The Hall–Kier alpha value is -0.410. The van der Waals surface area contributed by atoms with Crippen LogP contribution in [0.1, 0.15) is 19.3 Å². The molecule has 3 nitrogen and oxygen atoms in total. The Bertz CT molecular complexity index is 122. The lowest BCUT2D eigenvalue weighted by Gasteiger charge is -2.04. The van der Waals surface area contributed by atoms with Crippen LogP contribution in [0.4, 0.5) is 0 Å². The highest BCUT2D eigenvalue weighted by molar-refractivity contribution is 5.81. The fraction of sp³-hybridized carbons (Fsp3) is 0.857. The molecule has 1 aliphatic rings. The van der Waals surface area contributed by atoms with Crippen LogP contribution in [-0.2, 0) is 9.53 Å². The predicted molar refractivity (Wildman–Crippen MR) is 35.7 cm³/mol. The average molecular weight is 144 g/mol. The van der Waals surface area contributed by atoms with Crippen molar-refractivity contribution in [2.75, 3.05) is 13.2 Å². The number of ketones is 1. The highest BCUT2D eigenvalue weighted by Gasteiger charge is 2.21. The molecule has 0 saturated carbocycles. The molecule has 1 saturated heterocycles. The molecular formula is C7H12O3. The number of carbonyl (C=O) groups is 1. The number of ether oxygens (including phenoxy) is 1. The van der Waals surface area contributed by atoms with E-state index in [1.807, 2.05) is 0 Å². The predicted octanol–water partition coefficient (Wildman–Crippen LogP) is 0.117. The van der Waals surface area contributed by atoms with E-state index in [1.165, 1.54) is 0 Å². The number of aliphatic hydroxyl groups excluding tert-OH is 1. The van der Waals surface area contributed by atoms with E-state index in [0.29, 0.717) is 6.42 Å². The molecule has 58 valence electrons. The summed E-state index contributed by atoms with van der Waals surface area (Å²) >= 11 is 0. The van der Waals surface area contributed by atoms with Gasteiger partial charge in [0.2, 0.25) is 0 Å². The molecule has 10 heavy (non-hydrogen) atoms. The van der Waals surface area contributed by atoms with E-state index in [9.17, 15) is 4.79 Å². The highest BCUT2D eigenvalue weighted by atomic mass is 16.5. The van der Waals surface area contributed by atoms with E-state index in [1.54, 1.807) is 0 Å². The van der Waals surface area contributed by atoms with Crippen LogP contribution in [0.5, 0.6) is 0 Å². The van der Waals surface area contributed by atoms with Crippen molar-refractivity contribution in [3.63, 3.8) is 0 Å². The maximum atomic E-state index is 10.6. The third kappa shape index (κ3) is 2.08. The molecule has 1 rings (SSSR count). The van der Waals surface area contributed by atoms with Crippen molar-refractivity contribution in [3.05, 3.63) is 0 Å². The fourth-order valence-electron chi connectivity index (χ4n) is 1.09. The normalized spacial score (nSPS) is 25.7. The molecular weight excluding hydrogens is 132 g/mol. The molecule has 0 amide bonds. The van der Waals surface area contributed by atoms with E-state index in [4.69, 9.17) is 9.84 Å². The second kappa shape index (κ2) is 3.68. The summed E-state index contributed by atoms with van der Waals surface area (Å²) < 4.78 is 5.11. The Morgan fingerprint density at radius 3 is 3.00 bits per heavy atom. The van der Waals surface area contributed by atoms with Crippen molar-refractivity contribution >= 4 is 5.78 Å². The molecule has 0 spiro atoms. The van der Waals surface area contributed by atoms with Gasteiger partial charge in [0.1, 0.15) is 6.61 Å². The zero-order valence-electron chi connectivity index (χ0n) is 5.88. The van der Waals surface area contributed by atoms with Gasteiger partial charge >= 0.3 is 0 Å². The largest absolute Gasteiger partial charge is 0.396 e. The van der Waals surface area contributed by atoms with Gasteiger partial charge in [-0.1, -0.05) is 0 Å². The van der Waals surface area contributed by atoms with Gasteiger partial charge in [0.25, 0.3) is 0 Å². The maximum Gasteiger partial charge on any atom is 0.161 e. The zero-order chi connectivity index (χ0) is 7.40.